The predicted octanol–water partition coefficient (Wildman–Crippen LogP) is 2.69. The fraction of sp³-hybridized carbons (Fsp3) is 0.500. The summed E-state index contributed by atoms with van der Waals surface area (Å²) in [7, 11) is -3.98. The Bertz CT molecular complexity index is 1160. The highest BCUT2D eigenvalue weighted by molar-refractivity contribution is 7.87. The molecule has 0 radical (unpaired) electrons. The minimum atomic E-state index is -3.98. The number of amides is 1. The summed E-state index contributed by atoms with van der Waals surface area (Å²) in [5.74, 6) is 0.258. The van der Waals surface area contributed by atoms with E-state index >= 15 is 0 Å². The van der Waals surface area contributed by atoms with Crippen molar-refractivity contribution in [2.75, 3.05) is 24.5 Å². The number of nitrogens with zero attached hydrogens (tertiary/aromatic N) is 3. The van der Waals surface area contributed by atoms with Gasteiger partial charge in [-0.3, -0.25) is 4.79 Å². The Hall–Kier alpha value is -2.49. The maximum Gasteiger partial charge on any atom is 0.304 e. The fourth-order valence-corrected chi connectivity index (χ4v) is 6.17. The Morgan fingerprint density at radius 2 is 1.97 bits per heavy atom. The number of pyridine rings is 1. The molecule has 0 unspecified atom stereocenters. The number of nitrogens with one attached hydrogen (secondary N) is 1. The molecule has 0 aliphatic carbocycles. The van der Waals surface area contributed by atoms with E-state index in [1.807, 2.05) is 31.2 Å². The minimum absolute atomic E-state index is 0.205. The first kappa shape index (κ1) is 23.7. The van der Waals surface area contributed by atoms with Crippen molar-refractivity contribution in [3.05, 3.63) is 47.5 Å². The summed E-state index contributed by atoms with van der Waals surface area (Å²) in [6, 6.07) is 11.3. The lowest BCUT2D eigenvalue weighted by Gasteiger charge is -2.34. The van der Waals surface area contributed by atoms with E-state index in [4.69, 9.17) is 10.7 Å². The summed E-state index contributed by atoms with van der Waals surface area (Å²) >= 11 is 0. The largest absolute Gasteiger partial charge is 0.351 e. The third-order valence-corrected chi connectivity index (χ3v) is 7.97. The van der Waals surface area contributed by atoms with Crippen LogP contribution in [0.25, 0.3) is 11.3 Å². The van der Waals surface area contributed by atoms with Crippen LogP contribution in [0.4, 0.5) is 5.82 Å². The molecule has 1 amide bonds. The van der Waals surface area contributed by atoms with Gasteiger partial charge in [0.15, 0.2) is 0 Å². The number of aryl methyl sites for hydroxylation is 1. The monoisotopic (exact) mass is 471 g/mol. The van der Waals surface area contributed by atoms with Gasteiger partial charge in [0.25, 0.3) is 5.91 Å². The first-order chi connectivity index (χ1) is 15.5. The molecule has 9 heteroatoms. The number of aromatic nitrogens is 1. The third-order valence-electron chi connectivity index (χ3n) is 6.51. The van der Waals surface area contributed by atoms with Crippen molar-refractivity contribution in [2.24, 2.45) is 11.7 Å². The van der Waals surface area contributed by atoms with Crippen LogP contribution < -0.4 is 15.4 Å². The van der Waals surface area contributed by atoms with E-state index in [2.05, 4.69) is 30.4 Å². The van der Waals surface area contributed by atoms with Crippen LogP contribution in [-0.2, 0) is 10.2 Å². The van der Waals surface area contributed by atoms with Gasteiger partial charge in [-0.25, -0.2) is 9.71 Å². The van der Waals surface area contributed by atoms with Crippen LogP contribution in [0.1, 0.15) is 49.5 Å². The summed E-state index contributed by atoms with van der Waals surface area (Å²) in [5, 5.41) is 0. The number of carbonyl (C=O) groups excluding carboxylic acids is 1. The summed E-state index contributed by atoms with van der Waals surface area (Å²) in [6.45, 7) is 9.70. The minimum Gasteiger partial charge on any atom is -0.351 e. The average Bonchev–Trinajstić information content (AvgIpc) is 3.29. The molecule has 0 bridgehead atoms. The van der Waals surface area contributed by atoms with E-state index in [-0.39, 0.29) is 23.7 Å². The fourth-order valence-electron chi connectivity index (χ4n) is 4.96. The van der Waals surface area contributed by atoms with Gasteiger partial charge in [-0.05, 0) is 57.7 Å². The molecule has 2 aliphatic heterocycles. The van der Waals surface area contributed by atoms with Gasteiger partial charge >= 0.3 is 10.2 Å². The van der Waals surface area contributed by atoms with Crippen molar-refractivity contribution in [3.63, 3.8) is 0 Å². The molecule has 2 aromatic rings. The van der Waals surface area contributed by atoms with Gasteiger partial charge in [0.05, 0.1) is 11.3 Å². The molecular formula is C24H33N5O3S. The highest BCUT2D eigenvalue weighted by Gasteiger charge is 2.39. The van der Waals surface area contributed by atoms with Crippen LogP contribution in [-0.4, -0.2) is 54.8 Å². The highest BCUT2D eigenvalue weighted by atomic mass is 32.2. The molecule has 4 rings (SSSR count). The second kappa shape index (κ2) is 8.70. The van der Waals surface area contributed by atoms with Crippen LogP contribution in [0, 0.1) is 12.8 Å². The van der Waals surface area contributed by atoms with Crippen molar-refractivity contribution in [1.29, 1.82) is 0 Å². The quantitative estimate of drug-likeness (QED) is 0.694. The van der Waals surface area contributed by atoms with E-state index in [1.54, 1.807) is 12.1 Å². The first-order valence-electron chi connectivity index (χ1n) is 11.4. The summed E-state index contributed by atoms with van der Waals surface area (Å²) in [5.41, 5.74) is 8.70. The second-order valence-electron chi connectivity index (χ2n) is 10.0. The lowest BCUT2D eigenvalue weighted by molar-refractivity contribution is 0.0979. The average molecular weight is 472 g/mol. The lowest BCUT2D eigenvalue weighted by Crippen LogP contribution is -2.44. The van der Waals surface area contributed by atoms with E-state index in [0.29, 0.717) is 24.7 Å². The topological polar surface area (TPSA) is 109 Å². The smallest absolute Gasteiger partial charge is 0.304 e. The Morgan fingerprint density at radius 1 is 1.21 bits per heavy atom. The van der Waals surface area contributed by atoms with Gasteiger partial charge < -0.3 is 10.6 Å². The number of benzene rings is 1. The molecule has 0 saturated carbocycles. The van der Waals surface area contributed by atoms with Crippen LogP contribution in [0.5, 0.6) is 0 Å². The zero-order valence-electron chi connectivity index (χ0n) is 19.7. The van der Waals surface area contributed by atoms with Crippen molar-refractivity contribution in [1.82, 2.24) is 14.0 Å². The maximum atomic E-state index is 13.3. The SMILES string of the molecule is Cc1cccc(-c2ccc(C(=O)NS(=O)(=O)N3CC[C@H](N)C3)c(N3C[C@@H](C)CC3(C)C)n2)c1. The van der Waals surface area contributed by atoms with E-state index in [0.717, 1.165) is 29.8 Å². The second-order valence-corrected chi connectivity index (χ2v) is 11.7. The van der Waals surface area contributed by atoms with E-state index < -0.39 is 16.1 Å². The van der Waals surface area contributed by atoms with Crippen molar-refractivity contribution < 1.29 is 13.2 Å². The number of hydrogen-bond donors (Lipinski definition) is 2. The normalized spacial score (nSPS) is 23.1. The van der Waals surface area contributed by atoms with Gasteiger partial charge in [-0.1, -0.05) is 30.7 Å². The third kappa shape index (κ3) is 4.90. The molecule has 2 fully saturated rings. The number of anilines is 1. The molecule has 3 heterocycles. The Kier molecular flexibility index (Phi) is 6.24. The zero-order valence-corrected chi connectivity index (χ0v) is 20.5. The standard InChI is InChI=1S/C24H33N5O3S/c1-16-6-5-7-18(12-16)21-9-8-20(22(26-21)29-14-17(2)13-24(29,3)4)23(30)27-33(31,32)28-11-10-19(25)15-28/h5-9,12,17,19H,10-11,13-15,25H2,1-4H3,(H,27,30)/t17-,19-/m0/s1. The number of hydrogen-bond acceptors (Lipinski definition) is 6. The first-order valence-corrected chi connectivity index (χ1v) is 12.8. The molecule has 8 nitrogen and oxygen atoms in total. The van der Waals surface area contributed by atoms with Crippen molar-refractivity contribution in [3.8, 4) is 11.3 Å². The van der Waals surface area contributed by atoms with Crippen LogP contribution in [0.15, 0.2) is 36.4 Å². The number of nitrogens with two attached hydrogens (primary N) is 1. The van der Waals surface area contributed by atoms with Gasteiger partial charge in [0, 0.05) is 36.8 Å². The molecule has 1 aromatic carbocycles. The summed E-state index contributed by atoms with van der Waals surface area (Å²) < 4.78 is 29.1. The van der Waals surface area contributed by atoms with E-state index in [9.17, 15) is 13.2 Å². The van der Waals surface area contributed by atoms with Crippen LogP contribution >= 0.6 is 0 Å². The molecule has 33 heavy (non-hydrogen) atoms. The Balaban J connectivity index is 1.73. The Morgan fingerprint density at radius 3 is 2.58 bits per heavy atom. The molecular weight excluding hydrogens is 438 g/mol. The lowest BCUT2D eigenvalue weighted by atomic mass is 9.97. The molecule has 3 N–H and O–H groups in total. The van der Waals surface area contributed by atoms with Crippen LogP contribution in [0.2, 0.25) is 0 Å². The zero-order chi connectivity index (χ0) is 24.0. The predicted molar refractivity (Wildman–Crippen MR) is 130 cm³/mol. The van der Waals surface area contributed by atoms with Gasteiger partial charge in [-0.2, -0.15) is 12.7 Å². The summed E-state index contributed by atoms with van der Waals surface area (Å²) in [6.07, 6.45) is 1.53. The van der Waals surface area contributed by atoms with Gasteiger partial charge in [0.1, 0.15) is 5.82 Å². The summed E-state index contributed by atoms with van der Waals surface area (Å²) in [4.78, 5) is 20.3. The number of rotatable bonds is 5. The number of carbonyl (C=O) groups is 1. The van der Waals surface area contributed by atoms with Crippen molar-refractivity contribution in [2.45, 2.75) is 52.1 Å². The maximum absolute atomic E-state index is 13.3. The van der Waals surface area contributed by atoms with Gasteiger partial charge in [-0.15, -0.1) is 0 Å². The molecule has 2 saturated heterocycles. The van der Waals surface area contributed by atoms with Crippen molar-refractivity contribution >= 4 is 21.9 Å². The molecule has 1 aromatic heterocycles. The highest BCUT2D eigenvalue weighted by Crippen LogP contribution is 2.38. The van der Waals surface area contributed by atoms with Crippen LogP contribution in [0.3, 0.4) is 0 Å². The van der Waals surface area contributed by atoms with E-state index in [1.165, 1.54) is 4.31 Å². The molecule has 2 atom stereocenters. The van der Waals surface area contributed by atoms with Gasteiger partial charge in [0.2, 0.25) is 0 Å². The Labute approximate surface area is 196 Å². The molecule has 178 valence electrons. The molecule has 2 aliphatic rings. The molecule has 0 spiro atoms.